The summed E-state index contributed by atoms with van der Waals surface area (Å²) >= 11 is 0. The van der Waals surface area contributed by atoms with Gasteiger partial charge in [0.25, 0.3) is 17.6 Å². The fourth-order valence-corrected chi connectivity index (χ4v) is 5.13. The lowest BCUT2D eigenvalue weighted by molar-refractivity contribution is -0.171. The van der Waals surface area contributed by atoms with Crippen molar-refractivity contribution < 1.29 is 28.7 Å². The van der Waals surface area contributed by atoms with Gasteiger partial charge in [0.05, 0.1) is 11.8 Å². The Bertz CT molecular complexity index is 1540. The molecule has 0 N–H and O–H groups in total. The second kappa shape index (κ2) is 13.9. The van der Waals surface area contributed by atoms with E-state index in [0.29, 0.717) is 16.7 Å². The van der Waals surface area contributed by atoms with Crippen molar-refractivity contribution >= 4 is 35.2 Å². The lowest BCUT2D eigenvalue weighted by Crippen LogP contribution is -2.64. The van der Waals surface area contributed by atoms with Gasteiger partial charge in [0, 0.05) is 43.1 Å². The number of rotatable bonds is 10. The first-order valence-electron chi connectivity index (χ1n) is 14.4. The normalized spacial score (nSPS) is 15.6. The zero-order valence-electron chi connectivity index (χ0n) is 25.4. The first-order chi connectivity index (χ1) is 21.0. The van der Waals surface area contributed by atoms with Crippen molar-refractivity contribution in [2.75, 3.05) is 0 Å². The molecule has 1 aromatic heterocycles. The maximum absolute atomic E-state index is 14.6. The molecule has 228 valence electrons. The van der Waals surface area contributed by atoms with Crippen molar-refractivity contribution in [1.82, 2.24) is 19.9 Å². The van der Waals surface area contributed by atoms with E-state index in [1.54, 1.807) is 94.4 Å². The molecular weight excluding hydrogens is 560 g/mol. The molecule has 2 aromatic carbocycles. The van der Waals surface area contributed by atoms with Crippen LogP contribution in [-0.2, 0) is 30.3 Å². The molecule has 0 saturated carbocycles. The minimum atomic E-state index is -1.42. The monoisotopic (exact) mass is 596 g/mol. The molecule has 10 nitrogen and oxygen atoms in total. The molecule has 0 saturated heterocycles. The van der Waals surface area contributed by atoms with Crippen LogP contribution in [0.15, 0.2) is 91.4 Å². The first kappa shape index (κ1) is 31.8. The maximum Gasteiger partial charge on any atom is 0.377 e. The third-order valence-corrected chi connectivity index (χ3v) is 7.07. The van der Waals surface area contributed by atoms with E-state index in [9.17, 15) is 24.0 Å². The molecule has 4 rings (SSSR count). The number of aromatic nitrogens is 1. The van der Waals surface area contributed by atoms with Gasteiger partial charge in [-0.05, 0) is 37.5 Å². The number of hydrogen-bond donors (Lipinski definition) is 0. The van der Waals surface area contributed by atoms with Gasteiger partial charge in [0.2, 0.25) is 5.91 Å². The molecule has 0 radical (unpaired) electrons. The highest BCUT2D eigenvalue weighted by atomic mass is 16.5. The smallest absolute Gasteiger partial charge is 0.377 e. The molecule has 44 heavy (non-hydrogen) atoms. The van der Waals surface area contributed by atoms with Gasteiger partial charge in [-0.3, -0.25) is 29.1 Å². The van der Waals surface area contributed by atoms with E-state index in [2.05, 4.69) is 4.98 Å². The van der Waals surface area contributed by atoms with E-state index < -0.39 is 53.6 Å². The topological polar surface area (TPSA) is 117 Å². The molecule has 3 aromatic rings. The highest BCUT2D eigenvalue weighted by Crippen LogP contribution is 2.34. The Balaban J connectivity index is 1.93. The van der Waals surface area contributed by atoms with Crippen LogP contribution in [0.2, 0.25) is 0 Å². The van der Waals surface area contributed by atoms with E-state index in [0.717, 1.165) is 10.0 Å². The van der Waals surface area contributed by atoms with Crippen molar-refractivity contribution in [3.63, 3.8) is 0 Å². The summed E-state index contributed by atoms with van der Waals surface area (Å²) in [6.45, 7) is 8.05. The van der Waals surface area contributed by atoms with Crippen molar-refractivity contribution in [3.05, 3.63) is 108 Å². The number of carbonyl (C=O) groups excluding carboxylic acids is 5. The van der Waals surface area contributed by atoms with Gasteiger partial charge >= 0.3 is 5.97 Å². The number of hydrogen-bond acceptors (Lipinski definition) is 7. The summed E-state index contributed by atoms with van der Waals surface area (Å²) in [5.41, 5.74) is 1.69. The van der Waals surface area contributed by atoms with Gasteiger partial charge in [-0.1, -0.05) is 74.5 Å². The van der Waals surface area contributed by atoms with E-state index in [4.69, 9.17) is 4.74 Å². The molecule has 10 heteroatoms. The van der Waals surface area contributed by atoms with Crippen LogP contribution in [-0.4, -0.2) is 67.6 Å². The van der Waals surface area contributed by atoms with Crippen LogP contribution in [0, 0.1) is 5.92 Å². The van der Waals surface area contributed by atoms with E-state index in [1.807, 2.05) is 6.07 Å². The van der Waals surface area contributed by atoms with Gasteiger partial charge < -0.3 is 4.74 Å². The van der Waals surface area contributed by atoms with Crippen molar-refractivity contribution in [2.45, 2.75) is 59.2 Å². The number of esters is 1. The number of ether oxygens (including phenoxy) is 1. The number of amides is 3. The van der Waals surface area contributed by atoms with Crippen LogP contribution < -0.4 is 0 Å². The fraction of sp³-hybridized carbons (Fsp3) is 0.294. The predicted octanol–water partition coefficient (Wildman–Crippen LogP) is 4.28. The van der Waals surface area contributed by atoms with Gasteiger partial charge in [0.1, 0.15) is 12.1 Å². The van der Waals surface area contributed by atoms with Gasteiger partial charge in [-0.2, -0.15) is 0 Å². The average Bonchev–Trinajstić information content (AvgIpc) is 3.01. The number of hydrazine groups is 1. The van der Waals surface area contributed by atoms with Crippen LogP contribution in [0.5, 0.6) is 0 Å². The van der Waals surface area contributed by atoms with Gasteiger partial charge in [-0.15, -0.1) is 0 Å². The van der Waals surface area contributed by atoms with Gasteiger partial charge in [-0.25, -0.2) is 14.8 Å². The molecule has 1 unspecified atom stereocenters. The maximum atomic E-state index is 14.6. The third-order valence-electron chi connectivity index (χ3n) is 7.07. The highest BCUT2D eigenvalue weighted by molar-refractivity contribution is 6.36. The molecule has 0 aliphatic carbocycles. The summed E-state index contributed by atoms with van der Waals surface area (Å²) in [4.78, 5) is 74.2. The summed E-state index contributed by atoms with van der Waals surface area (Å²) < 4.78 is 5.24. The zero-order chi connectivity index (χ0) is 32.0. The Kier molecular flexibility index (Phi) is 10.0. The second-order valence-electron chi connectivity index (χ2n) is 11.1. The van der Waals surface area contributed by atoms with Crippen molar-refractivity contribution in [3.8, 4) is 0 Å². The summed E-state index contributed by atoms with van der Waals surface area (Å²) in [7, 11) is 0. The molecule has 2 heterocycles. The lowest BCUT2D eigenvalue weighted by atomic mass is 9.96. The minimum Gasteiger partial charge on any atom is -0.457 e. The third kappa shape index (κ3) is 6.91. The van der Waals surface area contributed by atoms with Crippen molar-refractivity contribution in [2.24, 2.45) is 5.92 Å². The predicted molar refractivity (Wildman–Crippen MR) is 163 cm³/mol. The van der Waals surface area contributed by atoms with Crippen LogP contribution in [0.25, 0.3) is 5.70 Å². The minimum absolute atomic E-state index is 0.0652. The molecule has 3 amide bonds. The van der Waals surface area contributed by atoms with Crippen LogP contribution in [0.1, 0.15) is 56.1 Å². The molecule has 0 bridgehead atoms. The Labute approximate surface area is 256 Å². The van der Waals surface area contributed by atoms with Gasteiger partial charge in [0.15, 0.2) is 0 Å². The molecule has 1 aliphatic rings. The number of carbonyl (C=O) groups is 5. The zero-order valence-corrected chi connectivity index (χ0v) is 25.4. The van der Waals surface area contributed by atoms with Crippen LogP contribution >= 0.6 is 0 Å². The van der Waals surface area contributed by atoms with E-state index in [1.165, 1.54) is 30.4 Å². The van der Waals surface area contributed by atoms with Crippen molar-refractivity contribution in [1.29, 1.82) is 0 Å². The summed E-state index contributed by atoms with van der Waals surface area (Å²) in [5, 5.41) is 2.18. The lowest BCUT2D eigenvalue weighted by Gasteiger charge is -2.46. The van der Waals surface area contributed by atoms with E-state index in [-0.39, 0.29) is 12.1 Å². The molecule has 2 atom stereocenters. The number of benzene rings is 2. The highest BCUT2D eigenvalue weighted by Gasteiger charge is 2.47. The fourth-order valence-electron chi connectivity index (χ4n) is 5.13. The number of Topliss-reactive ketones (excluding diaryl/α,β-unsaturated/α-hetero) is 1. The first-order valence-corrected chi connectivity index (χ1v) is 14.4. The average molecular weight is 597 g/mol. The largest absolute Gasteiger partial charge is 0.457 e. The Morgan fingerprint density at radius 3 is 2.02 bits per heavy atom. The summed E-state index contributed by atoms with van der Waals surface area (Å²) in [6, 6.07) is 18.3. The Morgan fingerprint density at radius 1 is 0.886 bits per heavy atom. The molecule has 0 fully saturated rings. The molecule has 1 aliphatic heterocycles. The second-order valence-corrected chi connectivity index (χ2v) is 11.1. The number of ketones is 1. The van der Waals surface area contributed by atoms with Crippen LogP contribution in [0.4, 0.5) is 0 Å². The Morgan fingerprint density at radius 2 is 1.48 bits per heavy atom. The van der Waals surface area contributed by atoms with Crippen LogP contribution in [0.3, 0.4) is 0 Å². The molecular formula is C34H36N4O6. The van der Waals surface area contributed by atoms with E-state index >= 15 is 0 Å². The Hall–Kier alpha value is -5.12. The number of nitrogens with zero attached hydrogens (tertiary/aromatic N) is 4. The summed E-state index contributed by atoms with van der Waals surface area (Å²) in [6.07, 6.45) is 3.86. The number of pyridine rings is 1. The summed E-state index contributed by atoms with van der Waals surface area (Å²) in [5.74, 6) is -4.18. The standard InChI is InChI=1S/C34H36N4O6/c1-22(2)30-33(42)38(29(26-14-10-7-11-15-26)21-36(30)32(41)27-16-18-35-19-17-27)37(24(5)39)28(20-25-12-8-6-9-13-25)31(40)34(43)44-23(3)4/h6-19,21-23,28,30H,20H2,1-5H3/t28-,30?/m0/s1. The molecule has 0 spiro atoms. The quantitative estimate of drug-likeness (QED) is 0.253. The SMILES string of the molecule is CC(=O)N([C@@H](Cc1ccccc1)C(=O)C(=O)OC(C)C)N1C(=O)C(C(C)C)N(C(=O)c2ccncc2)C=C1c1ccccc1.